The first-order valence-electron chi connectivity index (χ1n) is 10.1. The summed E-state index contributed by atoms with van der Waals surface area (Å²) >= 11 is 0. The van der Waals surface area contributed by atoms with Crippen LogP contribution in [0, 0.1) is 10.1 Å². The number of methoxy groups -OCH3 is 2. The lowest BCUT2D eigenvalue weighted by molar-refractivity contribution is -0.385. The molecule has 1 aliphatic carbocycles. The number of anilines is 1. The van der Waals surface area contributed by atoms with E-state index in [2.05, 4.69) is 5.32 Å². The number of rotatable bonds is 10. The van der Waals surface area contributed by atoms with Crippen molar-refractivity contribution in [1.82, 2.24) is 0 Å². The highest BCUT2D eigenvalue weighted by Gasteiger charge is 2.25. The van der Waals surface area contributed by atoms with Crippen molar-refractivity contribution < 1.29 is 28.7 Å². The van der Waals surface area contributed by atoms with Crippen LogP contribution in [0.15, 0.2) is 36.4 Å². The Morgan fingerprint density at radius 3 is 2.58 bits per heavy atom. The molecule has 1 amide bonds. The average molecular weight is 430 g/mol. The zero-order valence-electron chi connectivity index (χ0n) is 17.6. The Balaban J connectivity index is 1.80. The van der Waals surface area contributed by atoms with Crippen LogP contribution < -0.4 is 19.5 Å². The van der Waals surface area contributed by atoms with Crippen molar-refractivity contribution in [2.75, 3.05) is 32.8 Å². The van der Waals surface area contributed by atoms with Gasteiger partial charge in [-0.1, -0.05) is 6.07 Å². The topological polar surface area (TPSA) is 109 Å². The molecular formula is C22H26N2O7. The van der Waals surface area contributed by atoms with Crippen LogP contribution in [-0.4, -0.2) is 44.4 Å². The van der Waals surface area contributed by atoms with Gasteiger partial charge in [0.2, 0.25) is 0 Å². The molecule has 0 spiro atoms. The van der Waals surface area contributed by atoms with Crippen LogP contribution in [-0.2, 0) is 4.74 Å². The van der Waals surface area contributed by atoms with Gasteiger partial charge in [-0.15, -0.1) is 0 Å². The number of nitrogens with zero attached hydrogens (tertiary/aromatic N) is 1. The van der Waals surface area contributed by atoms with Crippen LogP contribution in [0.4, 0.5) is 11.4 Å². The van der Waals surface area contributed by atoms with Crippen molar-refractivity contribution >= 4 is 17.3 Å². The maximum Gasteiger partial charge on any atom is 0.286 e. The molecule has 0 aromatic heterocycles. The van der Waals surface area contributed by atoms with E-state index in [4.69, 9.17) is 18.9 Å². The number of hydrogen-bond donors (Lipinski definition) is 1. The first-order valence-corrected chi connectivity index (χ1v) is 10.1. The van der Waals surface area contributed by atoms with Crippen LogP contribution in [0.1, 0.15) is 36.0 Å². The lowest BCUT2D eigenvalue weighted by Gasteiger charge is -2.15. The van der Waals surface area contributed by atoms with Crippen LogP contribution in [0.3, 0.4) is 0 Å². The summed E-state index contributed by atoms with van der Waals surface area (Å²) in [4.78, 5) is 23.8. The summed E-state index contributed by atoms with van der Waals surface area (Å²) in [6, 6.07) is 9.48. The molecule has 1 N–H and O–H groups in total. The van der Waals surface area contributed by atoms with Gasteiger partial charge in [-0.05, 0) is 37.8 Å². The molecule has 9 heteroatoms. The fourth-order valence-electron chi connectivity index (χ4n) is 3.43. The minimum atomic E-state index is -0.633. The predicted molar refractivity (Wildman–Crippen MR) is 114 cm³/mol. The number of nitro groups is 1. The van der Waals surface area contributed by atoms with Crippen molar-refractivity contribution in [1.29, 1.82) is 0 Å². The molecule has 1 fully saturated rings. The molecule has 1 aliphatic rings. The van der Waals surface area contributed by atoms with Crippen LogP contribution >= 0.6 is 0 Å². The van der Waals surface area contributed by atoms with Crippen molar-refractivity contribution in [3.8, 4) is 17.2 Å². The summed E-state index contributed by atoms with van der Waals surface area (Å²) in [6.45, 7) is 0.488. The first-order chi connectivity index (χ1) is 15.0. The predicted octanol–water partition coefficient (Wildman–Crippen LogP) is 4.20. The van der Waals surface area contributed by atoms with Gasteiger partial charge >= 0.3 is 0 Å². The van der Waals surface area contributed by atoms with Crippen LogP contribution in [0.5, 0.6) is 17.2 Å². The van der Waals surface area contributed by atoms with Gasteiger partial charge in [0.25, 0.3) is 11.6 Å². The molecule has 0 aliphatic heterocycles. The van der Waals surface area contributed by atoms with E-state index >= 15 is 0 Å². The van der Waals surface area contributed by atoms with Crippen molar-refractivity contribution in [2.24, 2.45) is 0 Å². The van der Waals surface area contributed by atoms with Gasteiger partial charge in [-0.3, -0.25) is 14.9 Å². The molecule has 3 rings (SSSR count). The standard InChI is InChI=1S/C22H26N2O7/c1-28-10-11-30-21-14-19(24(26)27)18(13-20(21)29-2)22(25)23-15-6-5-9-17(12-15)31-16-7-3-4-8-16/h5-6,9,12-14,16H,3-4,7-8,10-11H2,1-2H3,(H,23,25). The summed E-state index contributed by atoms with van der Waals surface area (Å²) in [5.41, 5.74) is -0.0404. The quantitative estimate of drug-likeness (QED) is 0.342. The number of benzene rings is 2. The Bertz CT molecular complexity index is 926. The second-order valence-electron chi connectivity index (χ2n) is 7.12. The number of ether oxygens (including phenoxy) is 4. The molecule has 2 aromatic rings. The van der Waals surface area contributed by atoms with Crippen molar-refractivity contribution in [3.05, 3.63) is 52.1 Å². The second-order valence-corrected chi connectivity index (χ2v) is 7.12. The van der Waals surface area contributed by atoms with E-state index in [-0.39, 0.29) is 35.5 Å². The van der Waals surface area contributed by atoms with E-state index in [9.17, 15) is 14.9 Å². The maximum atomic E-state index is 12.9. The normalized spacial score (nSPS) is 13.6. The molecule has 9 nitrogen and oxygen atoms in total. The summed E-state index contributed by atoms with van der Waals surface area (Å²) in [7, 11) is 2.92. The van der Waals surface area contributed by atoms with Crippen LogP contribution in [0.2, 0.25) is 0 Å². The number of carbonyl (C=O) groups is 1. The van der Waals surface area contributed by atoms with Crippen molar-refractivity contribution in [2.45, 2.75) is 31.8 Å². The molecule has 2 aromatic carbocycles. The monoisotopic (exact) mass is 430 g/mol. The van der Waals surface area contributed by atoms with Gasteiger partial charge in [0.05, 0.1) is 30.8 Å². The van der Waals surface area contributed by atoms with E-state index in [0.29, 0.717) is 18.0 Å². The molecule has 31 heavy (non-hydrogen) atoms. The maximum absolute atomic E-state index is 12.9. The zero-order chi connectivity index (χ0) is 22.2. The highest BCUT2D eigenvalue weighted by Crippen LogP contribution is 2.35. The average Bonchev–Trinajstić information content (AvgIpc) is 3.26. The molecule has 1 saturated carbocycles. The summed E-state index contributed by atoms with van der Waals surface area (Å²) < 4.78 is 21.6. The van der Waals surface area contributed by atoms with Crippen molar-refractivity contribution in [3.63, 3.8) is 0 Å². The molecule has 0 saturated heterocycles. The zero-order valence-corrected chi connectivity index (χ0v) is 17.6. The molecule has 0 atom stereocenters. The number of carbonyl (C=O) groups excluding carboxylic acids is 1. The molecule has 0 bridgehead atoms. The Labute approximate surface area is 180 Å². The fraction of sp³-hybridized carbons (Fsp3) is 0.409. The molecule has 0 radical (unpaired) electrons. The Kier molecular flexibility index (Phi) is 7.66. The SMILES string of the molecule is COCCOc1cc([N+](=O)[O-])c(C(=O)Nc2cccc(OC3CCCC3)c2)cc1OC. The summed E-state index contributed by atoms with van der Waals surface area (Å²) in [6.07, 6.45) is 4.51. The lowest BCUT2D eigenvalue weighted by atomic mass is 10.1. The van der Waals surface area contributed by atoms with Gasteiger partial charge < -0.3 is 24.3 Å². The van der Waals surface area contributed by atoms with Gasteiger partial charge in [0.15, 0.2) is 11.5 Å². The summed E-state index contributed by atoms with van der Waals surface area (Å²) in [5.74, 6) is 0.394. The highest BCUT2D eigenvalue weighted by molar-refractivity contribution is 6.07. The molecule has 0 unspecified atom stereocenters. The third kappa shape index (κ3) is 5.85. The molecule has 0 heterocycles. The first kappa shape index (κ1) is 22.4. The van der Waals surface area contributed by atoms with Gasteiger partial charge in [0, 0.05) is 24.9 Å². The molecular weight excluding hydrogens is 404 g/mol. The summed E-state index contributed by atoms with van der Waals surface area (Å²) in [5, 5.41) is 14.3. The smallest absolute Gasteiger partial charge is 0.286 e. The number of nitro benzene ring substituents is 1. The number of nitrogens with one attached hydrogen (secondary N) is 1. The van der Waals surface area contributed by atoms with E-state index in [0.717, 1.165) is 25.7 Å². The Morgan fingerprint density at radius 2 is 1.90 bits per heavy atom. The van der Waals surface area contributed by atoms with Gasteiger partial charge in [0.1, 0.15) is 17.9 Å². The number of amides is 1. The highest BCUT2D eigenvalue weighted by atomic mass is 16.6. The Hall–Kier alpha value is -3.33. The second kappa shape index (κ2) is 10.6. The van der Waals surface area contributed by atoms with E-state index in [1.54, 1.807) is 18.2 Å². The van der Waals surface area contributed by atoms with Gasteiger partial charge in [-0.25, -0.2) is 0 Å². The van der Waals surface area contributed by atoms with Gasteiger partial charge in [-0.2, -0.15) is 0 Å². The minimum Gasteiger partial charge on any atom is -0.493 e. The van der Waals surface area contributed by atoms with E-state index < -0.39 is 10.8 Å². The molecule has 166 valence electrons. The Morgan fingerprint density at radius 1 is 1.13 bits per heavy atom. The van der Waals surface area contributed by atoms with E-state index in [1.807, 2.05) is 6.07 Å². The lowest BCUT2D eigenvalue weighted by Crippen LogP contribution is -2.15. The fourth-order valence-corrected chi connectivity index (χ4v) is 3.43. The van der Waals surface area contributed by atoms with E-state index in [1.165, 1.54) is 26.4 Å². The van der Waals surface area contributed by atoms with Crippen LogP contribution in [0.25, 0.3) is 0 Å². The third-order valence-corrected chi connectivity index (χ3v) is 4.97. The largest absolute Gasteiger partial charge is 0.493 e. The third-order valence-electron chi connectivity index (χ3n) is 4.97. The minimum absolute atomic E-state index is 0.136. The number of hydrogen-bond acceptors (Lipinski definition) is 7.